The Kier molecular flexibility index (Phi) is 2.21. The normalized spacial score (nSPS) is 30.5. The smallest absolute Gasteiger partial charge is 0.147 e. The molecule has 0 amide bonds. The van der Waals surface area contributed by atoms with Gasteiger partial charge in [0.05, 0.1) is 11.8 Å². The first kappa shape index (κ1) is 8.57. The van der Waals surface area contributed by atoms with Crippen molar-refractivity contribution < 1.29 is 8.42 Å². The largest absolute Gasteiger partial charge is 0.303 e. The molecule has 0 saturated carbocycles. The van der Waals surface area contributed by atoms with Crippen molar-refractivity contribution in [3.8, 4) is 12.3 Å². The van der Waals surface area contributed by atoms with Gasteiger partial charge in [0.25, 0.3) is 0 Å². The summed E-state index contributed by atoms with van der Waals surface area (Å²) in [4.78, 5) is 0. The van der Waals surface area contributed by atoms with E-state index in [0.717, 1.165) is 6.54 Å². The van der Waals surface area contributed by atoms with E-state index in [1.54, 1.807) is 0 Å². The summed E-state index contributed by atoms with van der Waals surface area (Å²) in [5.74, 6) is 2.82. The highest BCUT2D eigenvalue weighted by molar-refractivity contribution is 7.90. The number of nitrogens with one attached hydrogen (secondary N) is 1. The summed E-state index contributed by atoms with van der Waals surface area (Å²) in [6.45, 7) is 0.724. The van der Waals surface area contributed by atoms with Crippen LogP contribution in [0, 0.1) is 18.3 Å². The first-order valence-corrected chi connectivity index (χ1v) is 5.46. The second-order valence-corrected chi connectivity index (χ2v) is 5.09. The third-order valence-corrected chi connectivity index (χ3v) is 2.80. The lowest BCUT2D eigenvalue weighted by Crippen LogP contribution is -2.54. The Morgan fingerprint density at radius 3 is 2.64 bits per heavy atom. The molecule has 0 aliphatic carbocycles. The molecule has 2 atom stereocenters. The Morgan fingerprint density at radius 1 is 1.73 bits per heavy atom. The average Bonchev–Trinajstić information content (AvgIpc) is 1.80. The summed E-state index contributed by atoms with van der Waals surface area (Å²) >= 11 is 0. The summed E-state index contributed by atoms with van der Waals surface area (Å²) in [5, 5.41) is 2.97. The Balaban J connectivity index is 2.48. The minimum absolute atomic E-state index is 0.0373. The Morgan fingerprint density at radius 2 is 2.36 bits per heavy atom. The van der Waals surface area contributed by atoms with Crippen LogP contribution >= 0.6 is 0 Å². The van der Waals surface area contributed by atoms with Crippen molar-refractivity contribution >= 4 is 9.84 Å². The second kappa shape index (κ2) is 2.84. The van der Waals surface area contributed by atoms with E-state index in [9.17, 15) is 8.42 Å². The van der Waals surface area contributed by atoms with Gasteiger partial charge in [0, 0.05) is 18.7 Å². The van der Waals surface area contributed by atoms with Crippen LogP contribution in [0.2, 0.25) is 0 Å². The van der Waals surface area contributed by atoms with Crippen LogP contribution in [0.3, 0.4) is 0 Å². The van der Waals surface area contributed by atoms with Gasteiger partial charge in [0.15, 0.2) is 0 Å². The lowest BCUT2D eigenvalue weighted by Gasteiger charge is -2.33. The summed E-state index contributed by atoms with van der Waals surface area (Å²) < 4.78 is 21.6. The van der Waals surface area contributed by atoms with Gasteiger partial charge >= 0.3 is 0 Å². The van der Waals surface area contributed by atoms with Gasteiger partial charge in [-0.1, -0.05) is 5.92 Å². The number of hydrogen-bond acceptors (Lipinski definition) is 3. The Bertz CT molecular complexity index is 275. The summed E-state index contributed by atoms with van der Waals surface area (Å²) in [5.41, 5.74) is 0. The number of terminal acetylenes is 1. The Labute approximate surface area is 67.1 Å². The summed E-state index contributed by atoms with van der Waals surface area (Å²) in [6.07, 6.45) is 6.37. The second-order valence-electron chi connectivity index (χ2n) is 2.91. The molecule has 0 spiro atoms. The molecule has 11 heavy (non-hydrogen) atoms. The van der Waals surface area contributed by atoms with E-state index >= 15 is 0 Å². The minimum Gasteiger partial charge on any atom is -0.303 e. The lowest BCUT2D eigenvalue weighted by molar-refractivity contribution is 0.315. The molecule has 1 N–H and O–H groups in total. The Hall–Kier alpha value is -0.530. The van der Waals surface area contributed by atoms with E-state index in [1.807, 2.05) is 0 Å². The van der Waals surface area contributed by atoms with Crippen LogP contribution in [0.4, 0.5) is 0 Å². The maximum Gasteiger partial charge on any atom is 0.147 e. The molecule has 0 unspecified atom stereocenters. The van der Waals surface area contributed by atoms with Gasteiger partial charge in [-0.2, -0.15) is 0 Å². The van der Waals surface area contributed by atoms with Crippen LogP contribution in [0.1, 0.15) is 0 Å². The monoisotopic (exact) mass is 173 g/mol. The molecule has 1 fully saturated rings. The predicted octanol–water partition coefficient (Wildman–Crippen LogP) is -0.748. The van der Waals surface area contributed by atoms with Crippen LogP contribution in [0.5, 0.6) is 0 Å². The fourth-order valence-corrected chi connectivity index (χ4v) is 2.23. The molecule has 0 aromatic rings. The van der Waals surface area contributed by atoms with Gasteiger partial charge in [-0.15, -0.1) is 6.42 Å². The zero-order valence-corrected chi connectivity index (χ0v) is 7.19. The topological polar surface area (TPSA) is 46.2 Å². The first-order chi connectivity index (χ1) is 5.03. The zero-order chi connectivity index (χ0) is 8.48. The van der Waals surface area contributed by atoms with Crippen LogP contribution in [0.15, 0.2) is 0 Å². The third-order valence-electron chi connectivity index (χ3n) is 1.77. The number of sulfone groups is 1. The maximum absolute atomic E-state index is 10.8. The molecule has 0 bridgehead atoms. The van der Waals surface area contributed by atoms with Crippen molar-refractivity contribution in [3.63, 3.8) is 0 Å². The fourth-order valence-electron chi connectivity index (χ4n) is 1.14. The van der Waals surface area contributed by atoms with Crippen LogP contribution in [-0.2, 0) is 9.84 Å². The van der Waals surface area contributed by atoms with Gasteiger partial charge in [-0.3, -0.25) is 0 Å². The van der Waals surface area contributed by atoms with E-state index in [2.05, 4.69) is 11.2 Å². The van der Waals surface area contributed by atoms with Gasteiger partial charge < -0.3 is 5.32 Å². The molecule has 1 saturated heterocycles. The average molecular weight is 173 g/mol. The molecule has 3 nitrogen and oxygen atoms in total. The molecule has 0 aromatic carbocycles. The number of rotatable bonds is 2. The van der Waals surface area contributed by atoms with E-state index < -0.39 is 9.84 Å². The zero-order valence-electron chi connectivity index (χ0n) is 6.37. The minimum atomic E-state index is -2.86. The van der Waals surface area contributed by atoms with E-state index in [1.165, 1.54) is 6.26 Å². The van der Waals surface area contributed by atoms with Gasteiger partial charge in [0.1, 0.15) is 9.84 Å². The van der Waals surface area contributed by atoms with Crippen molar-refractivity contribution in [2.24, 2.45) is 5.92 Å². The van der Waals surface area contributed by atoms with Gasteiger partial charge in [0.2, 0.25) is 0 Å². The molecule has 62 valence electrons. The highest BCUT2D eigenvalue weighted by Gasteiger charge is 2.30. The molecular formula is C7H11NO2S. The fraction of sp³-hybridized carbons (Fsp3) is 0.714. The van der Waals surface area contributed by atoms with Crippen molar-refractivity contribution in [3.05, 3.63) is 0 Å². The highest BCUT2D eigenvalue weighted by atomic mass is 32.2. The summed E-state index contributed by atoms with van der Waals surface area (Å²) in [6, 6.07) is -0.0373. The predicted molar refractivity (Wildman–Crippen MR) is 43.8 cm³/mol. The highest BCUT2D eigenvalue weighted by Crippen LogP contribution is 2.13. The van der Waals surface area contributed by atoms with Crippen molar-refractivity contribution in [1.29, 1.82) is 0 Å². The molecule has 0 aromatic heterocycles. The van der Waals surface area contributed by atoms with Crippen LogP contribution in [0.25, 0.3) is 0 Å². The van der Waals surface area contributed by atoms with Gasteiger partial charge in [-0.05, 0) is 0 Å². The van der Waals surface area contributed by atoms with Crippen molar-refractivity contribution in [2.75, 3.05) is 18.6 Å². The molecule has 1 aliphatic heterocycles. The quantitative estimate of drug-likeness (QED) is 0.559. The SMILES string of the molecule is C#C[C@H]1NC[C@@H]1CS(C)(=O)=O. The molecule has 1 aliphatic rings. The van der Waals surface area contributed by atoms with Crippen LogP contribution < -0.4 is 5.32 Å². The van der Waals surface area contributed by atoms with E-state index in [0.29, 0.717) is 0 Å². The van der Waals surface area contributed by atoms with Crippen LogP contribution in [-0.4, -0.2) is 33.0 Å². The molecule has 1 heterocycles. The molecule has 4 heteroatoms. The van der Waals surface area contributed by atoms with Gasteiger partial charge in [-0.25, -0.2) is 8.42 Å². The van der Waals surface area contributed by atoms with Crippen molar-refractivity contribution in [1.82, 2.24) is 5.32 Å². The lowest BCUT2D eigenvalue weighted by atomic mass is 9.95. The maximum atomic E-state index is 10.8. The van der Waals surface area contributed by atoms with E-state index in [4.69, 9.17) is 6.42 Å². The molecular weight excluding hydrogens is 162 g/mol. The van der Waals surface area contributed by atoms with Crippen molar-refractivity contribution in [2.45, 2.75) is 6.04 Å². The standard InChI is InChI=1S/C7H11NO2S/c1-3-7-6(4-8-7)5-11(2,9)10/h1,6-8H,4-5H2,2H3/t6-,7-/m1/s1. The first-order valence-electron chi connectivity index (χ1n) is 3.40. The summed E-state index contributed by atoms with van der Waals surface area (Å²) in [7, 11) is -2.86. The van der Waals surface area contributed by atoms with E-state index in [-0.39, 0.29) is 17.7 Å². The third kappa shape index (κ3) is 2.21. The molecule has 1 rings (SSSR count). The molecule has 0 radical (unpaired) electrons. The number of hydrogen-bond donors (Lipinski definition) is 1.